The predicted octanol–water partition coefficient (Wildman–Crippen LogP) is 3.37. The van der Waals surface area contributed by atoms with E-state index < -0.39 is 6.09 Å². The molecule has 1 saturated carbocycles. The molecule has 138 valence electrons. The monoisotopic (exact) mass is 364 g/mol. The van der Waals surface area contributed by atoms with Gasteiger partial charge >= 0.3 is 12.2 Å². The van der Waals surface area contributed by atoms with E-state index in [1.165, 1.54) is 27.2 Å². The van der Waals surface area contributed by atoms with Crippen LogP contribution in [0, 0.1) is 0 Å². The van der Waals surface area contributed by atoms with Gasteiger partial charge in [0.15, 0.2) is 0 Å². The minimum absolute atomic E-state index is 0.0366. The van der Waals surface area contributed by atoms with Gasteiger partial charge in [0, 0.05) is 19.0 Å². The molecule has 1 saturated heterocycles. The van der Waals surface area contributed by atoms with Gasteiger partial charge < -0.3 is 19.6 Å². The number of benzene rings is 2. The Balaban J connectivity index is 1.30. The Morgan fingerprint density at radius 1 is 0.926 bits per heavy atom. The van der Waals surface area contributed by atoms with Crippen LogP contribution in [0.1, 0.15) is 23.5 Å². The summed E-state index contributed by atoms with van der Waals surface area (Å²) in [5.41, 5.74) is 4.77. The first-order valence-electron chi connectivity index (χ1n) is 9.26. The van der Waals surface area contributed by atoms with Crippen LogP contribution < -0.4 is 0 Å². The number of carbonyl (C=O) groups excluding carboxylic acids is 1. The fourth-order valence-corrected chi connectivity index (χ4v) is 4.53. The molecule has 5 rings (SSSR count). The first kappa shape index (κ1) is 16.2. The second-order valence-corrected chi connectivity index (χ2v) is 7.34. The third-order valence-corrected chi connectivity index (χ3v) is 5.92. The molecule has 1 aliphatic heterocycles. The quantitative estimate of drug-likeness (QED) is 0.887. The highest BCUT2D eigenvalue weighted by molar-refractivity contribution is 5.79. The second-order valence-electron chi connectivity index (χ2n) is 7.34. The zero-order chi connectivity index (χ0) is 18.5. The van der Waals surface area contributed by atoms with Crippen LogP contribution in [-0.4, -0.2) is 58.9 Å². The van der Waals surface area contributed by atoms with Gasteiger partial charge in [-0.3, -0.25) is 0 Å². The third-order valence-electron chi connectivity index (χ3n) is 5.92. The van der Waals surface area contributed by atoms with Crippen LogP contribution in [0.2, 0.25) is 0 Å². The average molecular weight is 364 g/mol. The minimum Gasteiger partial charge on any atom is -0.465 e. The van der Waals surface area contributed by atoms with E-state index in [2.05, 4.69) is 24.3 Å². The van der Waals surface area contributed by atoms with Gasteiger partial charge in [-0.2, -0.15) is 0 Å². The zero-order valence-electron chi connectivity index (χ0n) is 14.7. The van der Waals surface area contributed by atoms with Crippen molar-refractivity contribution < 1.29 is 19.4 Å². The molecule has 0 radical (unpaired) electrons. The van der Waals surface area contributed by atoms with Crippen LogP contribution in [0.3, 0.4) is 0 Å². The van der Waals surface area contributed by atoms with Crippen molar-refractivity contribution in [2.75, 3.05) is 19.7 Å². The van der Waals surface area contributed by atoms with Crippen LogP contribution in [-0.2, 0) is 4.74 Å². The maximum Gasteiger partial charge on any atom is 0.410 e. The van der Waals surface area contributed by atoms with Crippen LogP contribution in [0.5, 0.6) is 0 Å². The van der Waals surface area contributed by atoms with E-state index in [-0.39, 0.29) is 24.1 Å². The molecule has 6 heteroatoms. The molecule has 1 heterocycles. The highest BCUT2D eigenvalue weighted by Crippen LogP contribution is 2.44. The summed E-state index contributed by atoms with van der Waals surface area (Å²) in [6.45, 7) is 1.04. The fraction of sp³-hybridized carbons (Fsp3) is 0.333. The third kappa shape index (κ3) is 2.55. The van der Waals surface area contributed by atoms with E-state index in [4.69, 9.17) is 4.74 Å². The zero-order valence-corrected chi connectivity index (χ0v) is 14.7. The van der Waals surface area contributed by atoms with Gasteiger partial charge in [0.25, 0.3) is 0 Å². The van der Waals surface area contributed by atoms with Gasteiger partial charge in [0.1, 0.15) is 6.61 Å². The Hall–Kier alpha value is -3.02. The molecule has 3 aliphatic rings. The summed E-state index contributed by atoms with van der Waals surface area (Å²) < 4.78 is 5.69. The van der Waals surface area contributed by atoms with Crippen LogP contribution in [0.15, 0.2) is 48.5 Å². The average Bonchev–Trinajstić information content (AvgIpc) is 3.42. The van der Waals surface area contributed by atoms with Gasteiger partial charge in [0.2, 0.25) is 0 Å². The van der Waals surface area contributed by atoms with Crippen molar-refractivity contribution in [2.24, 2.45) is 0 Å². The van der Waals surface area contributed by atoms with Crippen molar-refractivity contribution in [3.8, 4) is 11.1 Å². The lowest BCUT2D eigenvalue weighted by molar-refractivity contribution is 0.0696. The van der Waals surface area contributed by atoms with Crippen molar-refractivity contribution >= 4 is 12.2 Å². The molecule has 0 aromatic heterocycles. The maximum atomic E-state index is 12.6. The molecule has 2 unspecified atom stereocenters. The Morgan fingerprint density at radius 2 is 1.48 bits per heavy atom. The van der Waals surface area contributed by atoms with Gasteiger partial charge in [-0.15, -0.1) is 0 Å². The van der Waals surface area contributed by atoms with Crippen LogP contribution in [0.25, 0.3) is 11.1 Å². The molecular weight excluding hydrogens is 344 g/mol. The smallest absolute Gasteiger partial charge is 0.410 e. The number of piperazine rings is 1. The van der Waals surface area contributed by atoms with E-state index >= 15 is 0 Å². The number of amides is 2. The predicted molar refractivity (Wildman–Crippen MR) is 98.7 cm³/mol. The van der Waals surface area contributed by atoms with Crippen molar-refractivity contribution in [2.45, 2.75) is 24.4 Å². The van der Waals surface area contributed by atoms with Gasteiger partial charge in [-0.05, 0) is 28.7 Å². The summed E-state index contributed by atoms with van der Waals surface area (Å²) >= 11 is 0. The SMILES string of the molecule is O=C(O)N1CCN(C(=O)OCC2c3ccccc3-c3ccccc32)C2CC21. The number of carbonyl (C=O) groups is 2. The first-order valence-corrected chi connectivity index (χ1v) is 9.26. The molecule has 0 spiro atoms. The summed E-state index contributed by atoms with van der Waals surface area (Å²) in [6.07, 6.45) is -0.541. The molecule has 6 nitrogen and oxygen atoms in total. The number of carboxylic acid groups (broad SMARTS) is 1. The lowest BCUT2D eigenvalue weighted by Crippen LogP contribution is -2.50. The highest BCUT2D eigenvalue weighted by atomic mass is 16.6. The van der Waals surface area contributed by atoms with Crippen LogP contribution >= 0.6 is 0 Å². The lowest BCUT2D eigenvalue weighted by atomic mass is 9.98. The second kappa shape index (κ2) is 6.01. The standard InChI is InChI=1S/C21H20N2O4/c24-20(25)22-9-10-23(19-11-18(19)22)21(26)27-12-17-15-7-3-1-5-13(15)14-6-2-4-8-16(14)17/h1-8,17-19H,9-12H2,(H,24,25). The molecule has 1 N–H and O–H groups in total. The molecule has 2 amide bonds. The summed E-state index contributed by atoms with van der Waals surface area (Å²) in [5, 5.41) is 9.18. The number of hydrogen-bond donors (Lipinski definition) is 1. The van der Waals surface area contributed by atoms with Crippen molar-refractivity contribution in [3.05, 3.63) is 59.7 Å². The topological polar surface area (TPSA) is 70.1 Å². The largest absolute Gasteiger partial charge is 0.465 e. The Kier molecular flexibility index (Phi) is 3.60. The number of rotatable bonds is 2. The molecule has 27 heavy (non-hydrogen) atoms. The van der Waals surface area contributed by atoms with Crippen LogP contribution in [0.4, 0.5) is 9.59 Å². The van der Waals surface area contributed by atoms with Gasteiger partial charge in [-0.25, -0.2) is 9.59 Å². The molecule has 2 aliphatic carbocycles. The van der Waals surface area contributed by atoms with Crippen molar-refractivity contribution in [1.29, 1.82) is 0 Å². The lowest BCUT2D eigenvalue weighted by Gasteiger charge is -2.32. The van der Waals surface area contributed by atoms with E-state index in [0.717, 1.165) is 0 Å². The van der Waals surface area contributed by atoms with E-state index in [1.54, 1.807) is 4.90 Å². The summed E-state index contributed by atoms with van der Waals surface area (Å²) in [4.78, 5) is 26.9. The number of ether oxygens (including phenoxy) is 1. The Labute approximate surface area is 157 Å². The van der Waals surface area contributed by atoms with Crippen molar-refractivity contribution in [3.63, 3.8) is 0 Å². The van der Waals surface area contributed by atoms with E-state index in [1.807, 2.05) is 24.3 Å². The van der Waals surface area contributed by atoms with Gasteiger partial charge in [0.05, 0.1) is 12.1 Å². The Bertz CT molecular complexity index is 882. The molecular formula is C21H20N2O4. The fourth-order valence-electron chi connectivity index (χ4n) is 4.53. The summed E-state index contributed by atoms with van der Waals surface area (Å²) in [5.74, 6) is 0.0386. The first-order chi connectivity index (χ1) is 13.1. The molecule has 0 bridgehead atoms. The molecule has 2 aromatic carbocycles. The van der Waals surface area contributed by atoms with Crippen molar-refractivity contribution in [1.82, 2.24) is 9.80 Å². The van der Waals surface area contributed by atoms with E-state index in [0.29, 0.717) is 26.1 Å². The number of fused-ring (bicyclic) bond motifs is 4. The Morgan fingerprint density at radius 3 is 2.11 bits per heavy atom. The minimum atomic E-state index is -0.908. The number of hydrogen-bond acceptors (Lipinski definition) is 3. The highest BCUT2D eigenvalue weighted by Gasteiger charge is 2.53. The van der Waals surface area contributed by atoms with Gasteiger partial charge in [-0.1, -0.05) is 48.5 Å². The summed E-state index contributed by atoms with van der Waals surface area (Å²) in [7, 11) is 0. The number of nitrogens with zero attached hydrogens (tertiary/aromatic N) is 2. The normalized spacial score (nSPS) is 22.7. The molecule has 2 atom stereocenters. The summed E-state index contributed by atoms with van der Waals surface area (Å²) in [6, 6.07) is 16.4. The molecule has 2 aromatic rings. The van der Waals surface area contributed by atoms with E-state index in [9.17, 15) is 14.7 Å². The molecule has 2 fully saturated rings. The maximum absolute atomic E-state index is 12.6.